The van der Waals surface area contributed by atoms with Gasteiger partial charge in [0.15, 0.2) is 6.10 Å². The number of aliphatic hydroxyl groups is 1. The molecule has 0 radical (unpaired) electrons. The van der Waals surface area contributed by atoms with Gasteiger partial charge >= 0.3 is 0 Å². The van der Waals surface area contributed by atoms with Gasteiger partial charge in [0.25, 0.3) is 0 Å². The molecule has 4 aromatic rings. The molecule has 3 aliphatic rings. The SMILES string of the molecule is O=C1c2c(O)cc(O)cc2O[C@@]12c1c(cc(O)c3c1OC(c1ccc(O)cc1)C(O)C3)OC2c1ccc(O)cc1. The van der Waals surface area contributed by atoms with Crippen molar-refractivity contribution in [1.82, 2.24) is 0 Å². The number of hydrogen-bond acceptors (Lipinski definition) is 10. The summed E-state index contributed by atoms with van der Waals surface area (Å²) in [7, 11) is 0. The maximum atomic E-state index is 14.3. The Morgan fingerprint density at radius 3 is 2.05 bits per heavy atom. The van der Waals surface area contributed by atoms with Crippen molar-refractivity contribution >= 4 is 5.78 Å². The second-order valence-corrected chi connectivity index (χ2v) is 10.1. The third-order valence-electron chi connectivity index (χ3n) is 7.64. The largest absolute Gasteiger partial charge is 0.508 e. The molecule has 6 N–H and O–H groups in total. The minimum Gasteiger partial charge on any atom is -0.508 e. The maximum Gasteiger partial charge on any atom is 0.244 e. The van der Waals surface area contributed by atoms with Crippen molar-refractivity contribution in [2.24, 2.45) is 0 Å². The lowest BCUT2D eigenvalue weighted by molar-refractivity contribution is -0.00128. The Morgan fingerprint density at radius 1 is 0.725 bits per heavy atom. The number of aromatic hydroxyl groups is 5. The Hall–Kier alpha value is -5.09. The summed E-state index contributed by atoms with van der Waals surface area (Å²) in [6, 6.07) is 15.6. The Kier molecular flexibility index (Phi) is 4.92. The normalized spacial score (nSPS) is 24.0. The predicted octanol–water partition coefficient (Wildman–Crippen LogP) is 3.86. The molecule has 3 heterocycles. The fraction of sp³-hybridized carbons (Fsp3) is 0.167. The van der Waals surface area contributed by atoms with Crippen LogP contribution in [-0.2, 0) is 12.0 Å². The molecule has 0 saturated heterocycles. The van der Waals surface area contributed by atoms with Gasteiger partial charge in [0.05, 0.1) is 11.7 Å². The van der Waals surface area contributed by atoms with Gasteiger partial charge in [-0.3, -0.25) is 4.79 Å². The quantitative estimate of drug-likeness (QED) is 0.219. The molecule has 10 heteroatoms. The van der Waals surface area contributed by atoms with Crippen molar-refractivity contribution in [2.75, 3.05) is 0 Å². The van der Waals surface area contributed by atoms with Crippen molar-refractivity contribution in [3.63, 3.8) is 0 Å². The lowest BCUT2D eigenvalue weighted by atomic mass is 9.79. The van der Waals surface area contributed by atoms with E-state index < -0.39 is 35.4 Å². The molecule has 40 heavy (non-hydrogen) atoms. The van der Waals surface area contributed by atoms with Crippen LogP contribution in [-0.4, -0.2) is 42.5 Å². The first-order valence-electron chi connectivity index (χ1n) is 12.5. The molecular formula is C30H22O10. The Bertz CT molecular complexity index is 1700. The van der Waals surface area contributed by atoms with Gasteiger partial charge in [-0.25, -0.2) is 0 Å². The minimum absolute atomic E-state index is 0.0121. The van der Waals surface area contributed by atoms with Crippen molar-refractivity contribution in [3.8, 4) is 46.0 Å². The molecule has 0 amide bonds. The fourth-order valence-electron chi connectivity index (χ4n) is 5.84. The molecule has 4 atom stereocenters. The first kappa shape index (κ1) is 24.0. The van der Waals surface area contributed by atoms with E-state index in [1.54, 1.807) is 24.3 Å². The van der Waals surface area contributed by atoms with Crippen LogP contribution in [0.5, 0.6) is 46.0 Å². The number of phenols is 5. The van der Waals surface area contributed by atoms with E-state index in [-0.39, 0.29) is 63.4 Å². The number of aliphatic hydroxyl groups excluding tert-OH is 1. The van der Waals surface area contributed by atoms with Gasteiger partial charge in [0.1, 0.15) is 57.7 Å². The average Bonchev–Trinajstić information content (AvgIpc) is 3.39. The smallest absolute Gasteiger partial charge is 0.244 e. The number of benzene rings is 4. The highest BCUT2D eigenvalue weighted by atomic mass is 16.6. The maximum absolute atomic E-state index is 14.3. The third kappa shape index (κ3) is 3.23. The summed E-state index contributed by atoms with van der Waals surface area (Å²) in [5, 5.41) is 62.3. The lowest BCUT2D eigenvalue weighted by Gasteiger charge is -2.35. The summed E-state index contributed by atoms with van der Waals surface area (Å²) in [6.45, 7) is 0. The molecule has 1 spiro atoms. The van der Waals surface area contributed by atoms with Crippen LogP contribution in [0.15, 0.2) is 66.7 Å². The van der Waals surface area contributed by atoms with Gasteiger partial charge in [0.2, 0.25) is 11.4 Å². The van der Waals surface area contributed by atoms with E-state index >= 15 is 0 Å². The number of ketones is 1. The summed E-state index contributed by atoms with van der Waals surface area (Å²) in [5.41, 5.74) is -0.756. The third-order valence-corrected chi connectivity index (χ3v) is 7.64. The van der Waals surface area contributed by atoms with Crippen LogP contribution in [0, 0.1) is 0 Å². The molecule has 0 aromatic heterocycles. The predicted molar refractivity (Wildman–Crippen MR) is 137 cm³/mol. The highest BCUT2D eigenvalue weighted by Crippen LogP contribution is 2.63. The minimum atomic E-state index is -1.96. The van der Waals surface area contributed by atoms with E-state index in [4.69, 9.17) is 14.2 Å². The van der Waals surface area contributed by atoms with Crippen LogP contribution < -0.4 is 14.2 Å². The second-order valence-electron chi connectivity index (χ2n) is 10.1. The first-order chi connectivity index (χ1) is 19.2. The summed E-state index contributed by atoms with van der Waals surface area (Å²) >= 11 is 0. The number of fused-ring (bicyclic) bond motifs is 5. The number of rotatable bonds is 2. The van der Waals surface area contributed by atoms with Gasteiger partial charge in [-0.15, -0.1) is 0 Å². The van der Waals surface area contributed by atoms with Gasteiger partial charge in [-0.2, -0.15) is 0 Å². The number of Topliss-reactive ketones (excluding diaryl/α,β-unsaturated/α-hetero) is 1. The van der Waals surface area contributed by atoms with Crippen LogP contribution in [0.3, 0.4) is 0 Å². The molecule has 0 bridgehead atoms. The van der Waals surface area contributed by atoms with Crippen LogP contribution in [0.4, 0.5) is 0 Å². The highest BCUT2D eigenvalue weighted by molar-refractivity contribution is 6.12. The van der Waals surface area contributed by atoms with E-state index in [1.807, 2.05) is 0 Å². The van der Waals surface area contributed by atoms with Crippen LogP contribution >= 0.6 is 0 Å². The number of phenolic OH excluding ortho intramolecular Hbond substituents is 5. The molecule has 3 unspecified atom stereocenters. The molecule has 0 aliphatic carbocycles. The highest BCUT2D eigenvalue weighted by Gasteiger charge is 2.65. The van der Waals surface area contributed by atoms with Gasteiger partial charge < -0.3 is 44.8 Å². The van der Waals surface area contributed by atoms with Crippen molar-refractivity contribution in [1.29, 1.82) is 0 Å². The number of ether oxygens (including phenoxy) is 3. The topological polar surface area (TPSA) is 166 Å². The van der Waals surface area contributed by atoms with E-state index in [9.17, 15) is 35.4 Å². The zero-order valence-corrected chi connectivity index (χ0v) is 20.6. The molecule has 4 aromatic carbocycles. The van der Waals surface area contributed by atoms with Crippen LogP contribution in [0.2, 0.25) is 0 Å². The lowest BCUT2D eigenvalue weighted by Crippen LogP contribution is -2.42. The zero-order valence-electron chi connectivity index (χ0n) is 20.6. The Balaban J connectivity index is 1.46. The van der Waals surface area contributed by atoms with Gasteiger partial charge in [-0.05, 0) is 35.4 Å². The number of carbonyl (C=O) groups excluding carboxylic acids is 1. The molecule has 7 rings (SSSR count). The second kappa shape index (κ2) is 8.20. The molecule has 0 fully saturated rings. The Morgan fingerprint density at radius 2 is 1.38 bits per heavy atom. The number of hydrogen-bond donors (Lipinski definition) is 6. The standard InChI is InChI=1S/C30H22O10/c31-15-5-1-13(2-6-15)26-21(36)11-18-19(34)12-23-25(27(18)39-26)30(29(38-23)14-3-7-16(32)8-4-14)28(37)24-20(35)9-17(33)10-22(24)40-30/h1-10,12,21,26,29,31-36H,11H2/t21?,26?,29?,30-/m0/s1. The first-order valence-corrected chi connectivity index (χ1v) is 12.5. The van der Waals surface area contributed by atoms with Crippen molar-refractivity contribution in [3.05, 3.63) is 94.5 Å². The van der Waals surface area contributed by atoms with E-state index in [2.05, 4.69) is 0 Å². The summed E-state index contributed by atoms with van der Waals surface area (Å²) in [4.78, 5) is 14.3. The summed E-state index contributed by atoms with van der Waals surface area (Å²) in [6.07, 6.45) is -3.20. The average molecular weight is 542 g/mol. The Labute approximate surface area is 226 Å². The molecule has 10 nitrogen and oxygen atoms in total. The monoisotopic (exact) mass is 542 g/mol. The van der Waals surface area contributed by atoms with Crippen molar-refractivity contribution in [2.45, 2.75) is 30.3 Å². The van der Waals surface area contributed by atoms with Crippen LogP contribution in [0.25, 0.3) is 0 Å². The van der Waals surface area contributed by atoms with Gasteiger partial charge in [0, 0.05) is 30.2 Å². The summed E-state index contributed by atoms with van der Waals surface area (Å²) in [5.74, 6) is -1.59. The number of carbonyl (C=O) groups is 1. The van der Waals surface area contributed by atoms with E-state index in [0.29, 0.717) is 11.1 Å². The zero-order chi connectivity index (χ0) is 27.9. The molecule has 3 aliphatic heterocycles. The fourth-order valence-corrected chi connectivity index (χ4v) is 5.84. The van der Waals surface area contributed by atoms with Gasteiger partial charge in [-0.1, -0.05) is 24.3 Å². The molecule has 0 saturated carbocycles. The van der Waals surface area contributed by atoms with Crippen molar-refractivity contribution < 1.29 is 49.6 Å². The van der Waals surface area contributed by atoms with E-state index in [1.165, 1.54) is 36.4 Å². The van der Waals surface area contributed by atoms with E-state index in [0.717, 1.165) is 6.07 Å². The van der Waals surface area contributed by atoms with Crippen LogP contribution in [0.1, 0.15) is 44.8 Å². The molecular weight excluding hydrogens is 520 g/mol. The molecule has 202 valence electrons. The summed E-state index contributed by atoms with van der Waals surface area (Å²) < 4.78 is 18.9.